The molecule has 176 valence electrons. The first-order valence-electron chi connectivity index (χ1n) is 11.1. The average molecular weight is 463 g/mol. The van der Waals surface area contributed by atoms with E-state index < -0.39 is 18.1 Å². The van der Waals surface area contributed by atoms with Crippen molar-refractivity contribution in [1.29, 1.82) is 0 Å². The van der Waals surface area contributed by atoms with Crippen molar-refractivity contribution in [3.05, 3.63) is 83.3 Å². The van der Waals surface area contributed by atoms with Crippen LogP contribution in [0.3, 0.4) is 0 Å². The molecule has 1 heterocycles. The highest BCUT2D eigenvalue weighted by Gasteiger charge is 2.30. The lowest BCUT2D eigenvalue weighted by molar-refractivity contribution is -0.132. The van der Waals surface area contributed by atoms with Crippen molar-refractivity contribution in [3.8, 4) is 11.1 Å². The normalized spacial score (nSPS) is 13.0. The number of furan rings is 1. The molecule has 2 N–H and O–H groups in total. The summed E-state index contributed by atoms with van der Waals surface area (Å²) in [7, 11) is 1.56. The maximum absolute atomic E-state index is 12.8. The van der Waals surface area contributed by atoms with E-state index in [0.29, 0.717) is 12.2 Å². The molecule has 0 saturated carbocycles. The molecule has 0 spiro atoms. The summed E-state index contributed by atoms with van der Waals surface area (Å²) in [4.78, 5) is 37.8. The predicted molar refractivity (Wildman–Crippen MR) is 124 cm³/mol. The molecule has 0 fully saturated rings. The highest BCUT2D eigenvalue weighted by Crippen LogP contribution is 2.44. The van der Waals surface area contributed by atoms with E-state index in [4.69, 9.17) is 14.3 Å². The molecule has 3 aromatic rings. The zero-order valence-corrected chi connectivity index (χ0v) is 19.0. The third kappa shape index (κ3) is 4.66. The first-order chi connectivity index (χ1) is 16.4. The van der Waals surface area contributed by atoms with E-state index in [1.54, 1.807) is 14.0 Å². The number of benzene rings is 2. The van der Waals surface area contributed by atoms with Crippen LogP contribution in [0.4, 0.5) is 4.79 Å². The molecule has 1 aliphatic rings. The maximum Gasteiger partial charge on any atom is 0.407 e. The van der Waals surface area contributed by atoms with Gasteiger partial charge in [0.2, 0.25) is 11.7 Å². The summed E-state index contributed by atoms with van der Waals surface area (Å²) in [6.45, 7) is 2.02. The van der Waals surface area contributed by atoms with Crippen LogP contribution in [0.25, 0.3) is 11.1 Å². The molecule has 1 aromatic heterocycles. The minimum Gasteiger partial charge on any atom is -0.475 e. The number of carboxylic acids is 1. The predicted octanol–water partition coefficient (Wildman–Crippen LogP) is 4.25. The van der Waals surface area contributed by atoms with Gasteiger partial charge in [0.1, 0.15) is 18.4 Å². The fraction of sp³-hybridized carbons (Fsp3) is 0.269. The van der Waals surface area contributed by atoms with E-state index in [9.17, 15) is 14.4 Å². The third-order valence-corrected chi connectivity index (χ3v) is 5.98. The largest absolute Gasteiger partial charge is 0.475 e. The molecule has 1 atom stereocenters. The van der Waals surface area contributed by atoms with Crippen LogP contribution in [0, 0.1) is 0 Å². The van der Waals surface area contributed by atoms with Crippen molar-refractivity contribution < 1.29 is 28.6 Å². The van der Waals surface area contributed by atoms with Crippen LogP contribution in [-0.2, 0) is 16.1 Å². The average Bonchev–Trinajstić information content (AvgIpc) is 3.43. The zero-order chi connectivity index (χ0) is 24.2. The zero-order valence-electron chi connectivity index (χ0n) is 19.0. The van der Waals surface area contributed by atoms with Gasteiger partial charge in [0.15, 0.2) is 0 Å². The van der Waals surface area contributed by atoms with Crippen LogP contribution in [0.2, 0.25) is 0 Å². The minimum atomic E-state index is -1.18. The standard InChI is InChI=1S/C26H26N2O6/c1-3-22(24(29)28(2)14-16-12-13-23(34-16)25(30)31)27-26(32)33-15-21-19-10-6-4-8-17(19)18-9-5-7-11-20(18)21/h4-13,21-22H,3,14-15H2,1-2H3,(H,27,32)(H,30,31). The van der Waals surface area contributed by atoms with Crippen molar-refractivity contribution in [2.45, 2.75) is 31.8 Å². The summed E-state index contributed by atoms with van der Waals surface area (Å²) in [5.74, 6) is -1.43. The van der Waals surface area contributed by atoms with Crippen LogP contribution in [0.1, 0.15) is 46.7 Å². The van der Waals surface area contributed by atoms with Gasteiger partial charge in [0.05, 0.1) is 6.54 Å². The highest BCUT2D eigenvalue weighted by atomic mass is 16.5. The topological polar surface area (TPSA) is 109 Å². The van der Waals surface area contributed by atoms with E-state index in [1.165, 1.54) is 17.0 Å². The van der Waals surface area contributed by atoms with Crippen molar-refractivity contribution >= 4 is 18.0 Å². The lowest BCUT2D eigenvalue weighted by Gasteiger charge is -2.23. The second-order valence-corrected chi connectivity index (χ2v) is 8.20. The number of hydrogen-bond donors (Lipinski definition) is 2. The van der Waals surface area contributed by atoms with E-state index in [2.05, 4.69) is 17.4 Å². The summed E-state index contributed by atoms with van der Waals surface area (Å²) in [6, 6.07) is 18.2. The Bertz CT molecular complexity index is 1170. The molecular weight excluding hydrogens is 436 g/mol. The number of carbonyl (C=O) groups excluding carboxylic acids is 2. The molecule has 0 saturated heterocycles. The minimum absolute atomic E-state index is 0.0704. The van der Waals surface area contributed by atoms with Crippen molar-refractivity contribution in [1.82, 2.24) is 10.2 Å². The third-order valence-electron chi connectivity index (χ3n) is 5.98. The van der Waals surface area contributed by atoms with Gasteiger partial charge in [0, 0.05) is 13.0 Å². The van der Waals surface area contributed by atoms with Gasteiger partial charge in [-0.25, -0.2) is 9.59 Å². The lowest BCUT2D eigenvalue weighted by atomic mass is 9.98. The van der Waals surface area contributed by atoms with Gasteiger partial charge in [-0.05, 0) is 40.8 Å². The lowest BCUT2D eigenvalue weighted by Crippen LogP contribution is -2.47. The molecule has 4 rings (SSSR count). The maximum atomic E-state index is 12.8. The fourth-order valence-corrected chi connectivity index (χ4v) is 4.28. The van der Waals surface area contributed by atoms with Crippen LogP contribution in [-0.4, -0.2) is 47.7 Å². The molecule has 8 nitrogen and oxygen atoms in total. The number of carboxylic acid groups (broad SMARTS) is 1. The number of fused-ring (bicyclic) bond motifs is 3. The highest BCUT2D eigenvalue weighted by molar-refractivity contribution is 5.86. The molecule has 0 radical (unpaired) electrons. The summed E-state index contributed by atoms with van der Waals surface area (Å²) >= 11 is 0. The van der Waals surface area contributed by atoms with Gasteiger partial charge in [-0.1, -0.05) is 55.5 Å². The number of carbonyl (C=O) groups is 3. The van der Waals surface area contributed by atoms with Gasteiger partial charge in [0.25, 0.3) is 0 Å². The van der Waals surface area contributed by atoms with Crippen LogP contribution < -0.4 is 5.32 Å². The quantitative estimate of drug-likeness (QED) is 0.518. The van der Waals surface area contributed by atoms with Crippen LogP contribution in [0.5, 0.6) is 0 Å². The van der Waals surface area contributed by atoms with Crippen molar-refractivity contribution in [3.63, 3.8) is 0 Å². The summed E-state index contributed by atoms with van der Waals surface area (Å²) in [6.07, 6.45) is -0.298. The Morgan fingerprint density at radius 2 is 1.65 bits per heavy atom. The van der Waals surface area contributed by atoms with E-state index >= 15 is 0 Å². The Hall–Kier alpha value is -4.07. The van der Waals surface area contributed by atoms with Crippen LogP contribution >= 0.6 is 0 Å². The summed E-state index contributed by atoms with van der Waals surface area (Å²) in [5.41, 5.74) is 4.50. The summed E-state index contributed by atoms with van der Waals surface area (Å²) < 4.78 is 10.8. The second-order valence-electron chi connectivity index (χ2n) is 8.20. The Balaban J connectivity index is 1.36. The Kier molecular flexibility index (Phi) is 6.67. The molecule has 1 aliphatic carbocycles. The summed E-state index contributed by atoms with van der Waals surface area (Å²) in [5, 5.41) is 11.6. The number of alkyl carbamates (subject to hydrolysis) is 1. The Labute approximate surface area is 197 Å². The number of aromatic carboxylic acids is 1. The SMILES string of the molecule is CCC(NC(=O)OCC1c2ccccc2-c2ccccc21)C(=O)N(C)Cc1ccc(C(=O)O)o1. The fourth-order valence-electron chi connectivity index (χ4n) is 4.28. The van der Waals surface area contributed by atoms with Gasteiger partial charge < -0.3 is 24.5 Å². The Morgan fingerprint density at radius 3 is 2.21 bits per heavy atom. The Morgan fingerprint density at radius 1 is 1.03 bits per heavy atom. The molecule has 0 bridgehead atoms. The molecular formula is C26H26N2O6. The van der Waals surface area contributed by atoms with Gasteiger partial charge >= 0.3 is 12.1 Å². The second kappa shape index (κ2) is 9.82. The molecule has 8 heteroatoms. The van der Waals surface area contributed by atoms with Gasteiger partial charge in [-0.2, -0.15) is 0 Å². The van der Waals surface area contributed by atoms with E-state index in [-0.39, 0.29) is 30.7 Å². The number of nitrogens with one attached hydrogen (secondary N) is 1. The molecule has 1 unspecified atom stereocenters. The molecule has 2 aromatic carbocycles. The number of ether oxygens (including phenoxy) is 1. The number of nitrogens with zero attached hydrogens (tertiary/aromatic N) is 1. The molecule has 34 heavy (non-hydrogen) atoms. The van der Waals surface area contributed by atoms with Crippen LogP contribution in [0.15, 0.2) is 65.1 Å². The van der Waals surface area contributed by atoms with Crippen molar-refractivity contribution in [2.24, 2.45) is 0 Å². The number of likely N-dealkylation sites (N-methyl/N-ethyl adjacent to an activating group) is 1. The van der Waals surface area contributed by atoms with E-state index in [0.717, 1.165) is 22.3 Å². The van der Waals surface area contributed by atoms with Gasteiger partial charge in [-0.15, -0.1) is 0 Å². The molecule has 2 amide bonds. The smallest absolute Gasteiger partial charge is 0.407 e. The number of rotatable bonds is 8. The molecule has 0 aliphatic heterocycles. The first kappa shape index (κ1) is 23.1. The van der Waals surface area contributed by atoms with E-state index in [1.807, 2.05) is 36.4 Å². The number of amides is 2. The van der Waals surface area contributed by atoms with Gasteiger partial charge in [-0.3, -0.25) is 4.79 Å². The first-order valence-corrected chi connectivity index (χ1v) is 11.1. The number of hydrogen-bond acceptors (Lipinski definition) is 5. The monoisotopic (exact) mass is 462 g/mol. The van der Waals surface area contributed by atoms with Crippen molar-refractivity contribution in [2.75, 3.05) is 13.7 Å².